The van der Waals surface area contributed by atoms with E-state index in [2.05, 4.69) is 0 Å². The molecular weight excluding hydrogens is 240 g/mol. The van der Waals surface area contributed by atoms with Crippen LogP contribution in [0.3, 0.4) is 0 Å². The average molecular weight is 259 g/mol. The first-order valence-electron chi connectivity index (χ1n) is 6.17. The Kier molecular flexibility index (Phi) is 3.73. The summed E-state index contributed by atoms with van der Waals surface area (Å²) >= 11 is 0. The second kappa shape index (κ2) is 4.97. The Balaban J connectivity index is 2.25. The largest absolute Gasteiger partial charge is 0.468 e. The molecule has 0 radical (unpaired) electrons. The van der Waals surface area contributed by atoms with E-state index in [4.69, 9.17) is 14.9 Å². The van der Waals surface area contributed by atoms with Crippen molar-refractivity contribution in [1.29, 1.82) is 0 Å². The van der Waals surface area contributed by atoms with Crippen molar-refractivity contribution < 1.29 is 17.9 Å². The predicted octanol–water partition coefficient (Wildman–Crippen LogP) is 2.83. The van der Waals surface area contributed by atoms with Crippen molar-refractivity contribution in [2.45, 2.75) is 43.6 Å². The van der Waals surface area contributed by atoms with Gasteiger partial charge in [-0.1, -0.05) is 0 Å². The van der Waals surface area contributed by atoms with Crippen LogP contribution < -0.4 is 5.73 Å². The molecule has 2 N–H and O–H groups in total. The van der Waals surface area contributed by atoms with E-state index >= 15 is 0 Å². The Morgan fingerprint density at radius 3 is 2.56 bits per heavy atom. The van der Waals surface area contributed by atoms with E-state index in [0.29, 0.717) is 26.0 Å². The molecule has 0 bridgehead atoms. The third-order valence-electron chi connectivity index (χ3n) is 3.86. The van der Waals surface area contributed by atoms with Crippen molar-refractivity contribution in [3.05, 3.63) is 23.7 Å². The number of hydrogen-bond acceptors (Lipinski definition) is 3. The first-order chi connectivity index (χ1) is 8.53. The minimum Gasteiger partial charge on any atom is -0.468 e. The van der Waals surface area contributed by atoms with Gasteiger partial charge in [-0.3, -0.25) is 0 Å². The Labute approximate surface area is 105 Å². The summed E-state index contributed by atoms with van der Waals surface area (Å²) in [6.45, 7) is 0.747. The Morgan fingerprint density at radius 1 is 1.33 bits per heavy atom. The van der Waals surface area contributed by atoms with Gasteiger partial charge in [0, 0.05) is 37.5 Å². The summed E-state index contributed by atoms with van der Waals surface area (Å²) in [5.41, 5.74) is 6.29. The summed E-state index contributed by atoms with van der Waals surface area (Å²) in [7, 11) is 1.60. The molecular formula is C13H19F2NO2. The quantitative estimate of drug-likeness (QED) is 0.904. The van der Waals surface area contributed by atoms with E-state index in [-0.39, 0.29) is 12.8 Å². The standard InChI is InChI=1S/C13H19F2NO2/c1-17-8-10-2-7-18-11(10)12(9-16)3-5-13(14,15)6-4-12/h2,7H,3-6,8-9,16H2,1H3. The monoisotopic (exact) mass is 259 g/mol. The molecule has 1 aromatic rings. The maximum Gasteiger partial charge on any atom is 0.248 e. The Bertz CT molecular complexity index is 393. The van der Waals surface area contributed by atoms with E-state index < -0.39 is 11.3 Å². The lowest BCUT2D eigenvalue weighted by molar-refractivity contribution is -0.0536. The summed E-state index contributed by atoms with van der Waals surface area (Å²) in [4.78, 5) is 0. The molecule has 0 unspecified atom stereocenters. The van der Waals surface area contributed by atoms with Crippen LogP contribution in [-0.2, 0) is 16.8 Å². The van der Waals surface area contributed by atoms with Gasteiger partial charge in [0.2, 0.25) is 5.92 Å². The fourth-order valence-electron chi connectivity index (χ4n) is 2.69. The van der Waals surface area contributed by atoms with Crippen LogP contribution in [0.25, 0.3) is 0 Å². The van der Waals surface area contributed by atoms with Gasteiger partial charge < -0.3 is 14.9 Å². The molecule has 0 aromatic carbocycles. The fourth-order valence-corrected chi connectivity index (χ4v) is 2.69. The van der Waals surface area contributed by atoms with Crippen LogP contribution in [0.4, 0.5) is 8.78 Å². The summed E-state index contributed by atoms with van der Waals surface area (Å²) in [6.07, 6.45) is 2.05. The number of methoxy groups -OCH3 is 1. The number of rotatable bonds is 4. The zero-order valence-electron chi connectivity index (χ0n) is 10.5. The highest BCUT2D eigenvalue weighted by atomic mass is 19.3. The summed E-state index contributed by atoms with van der Waals surface area (Å²) in [5, 5.41) is 0. The van der Waals surface area contributed by atoms with Gasteiger partial charge >= 0.3 is 0 Å². The van der Waals surface area contributed by atoms with Crippen LogP contribution >= 0.6 is 0 Å². The maximum absolute atomic E-state index is 13.3. The van der Waals surface area contributed by atoms with E-state index in [9.17, 15) is 8.78 Å². The van der Waals surface area contributed by atoms with Gasteiger partial charge in [-0.05, 0) is 18.9 Å². The molecule has 0 spiro atoms. The van der Waals surface area contributed by atoms with Crippen LogP contribution in [0.2, 0.25) is 0 Å². The SMILES string of the molecule is COCc1ccoc1C1(CN)CCC(F)(F)CC1. The van der Waals surface area contributed by atoms with Crippen LogP contribution in [0.1, 0.15) is 37.0 Å². The fraction of sp³-hybridized carbons (Fsp3) is 0.692. The lowest BCUT2D eigenvalue weighted by atomic mass is 9.70. The van der Waals surface area contributed by atoms with Crippen molar-refractivity contribution in [1.82, 2.24) is 0 Å². The molecule has 2 rings (SSSR count). The highest BCUT2D eigenvalue weighted by molar-refractivity contribution is 5.26. The number of halogens is 2. The van der Waals surface area contributed by atoms with E-state index in [1.165, 1.54) is 0 Å². The third kappa shape index (κ3) is 2.42. The third-order valence-corrected chi connectivity index (χ3v) is 3.86. The van der Waals surface area contributed by atoms with E-state index in [0.717, 1.165) is 11.3 Å². The average Bonchev–Trinajstić information content (AvgIpc) is 2.80. The number of furan rings is 1. The van der Waals surface area contributed by atoms with Crippen LogP contribution in [0, 0.1) is 0 Å². The molecule has 5 heteroatoms. The van der Waals surface area contributed by atoms with Crippen molar-refractivity contribution in [3.8, 4) is 0 Å². The lowest BCUT2D eigenvalue weighted by Gasteiger charge is -2.38. The van der Waals surface area contributed by atoms with Gasteiger partial charge in [0.05, 0.1) is 12.9 Å². The smallest absolute Gasteiger partial charge is 0.248 e. The number of nitrogens with two attached hydrogens (primary N) is 1. The minimum atomic E-state index is -2.56. The highest BCUT2D eigenvalue weighted by Crippen LogP contribution is 2.46. The first-order valence-corrected chi connectivity index (χ1v) is 6.17. The number of alkyl halides is 2. The molecule has 0 amide bonds. The zero-order chi connectivity index (χ0) is 13.2. The van der Waals surface area contributed by atoms with Gasteiger partial charge in [0.25, 0.3) is 0 Å². The van der Waals surface area contributed by atoms with Gasteiger partial charge in [0.1, 0.15) is 5.76 Å². The normalized spacial score (nSPS) is 22.0. The molecule has 1 aromatic heterocycles. The van der Waals surface area contributed by atoms with Crippen LogP contribution in [-0.4, -0.2) is 19.6 Å². The number of hydrogen-bond donors (Lipinski definition) is 1. The maximum atomic E-state index is 13.3. The minimum absolute atomic E-state index is 0.128. The second-order valence-corrected chi connectivity index (χ2v) is 5.05. The lowest BCUT2D eigenvalue weighted by Crippen LogP contribution is -2.42. The number of ether oxygens (including phenoxy) is 1. The molecule has 0 aliphatic heterocycles. The summed E-state index contributed by atoms with van der Waals surface area (Å²) in [5.74, 6) is -1.84. The molecule has 1 saturated carbocycles. The Morgan fingerprint density at radius 2 is 2.00 bits per heavy atom. The van der Waals surface area contributed by atoms with Gasteiger partial charge in [-0.25, -0.2) is 8.78 Å². The van der Waals surface area contributed by atoms with Crippen molar-refractivity contribution in [3.63, 3.8) is 0 Å². The van der Waals surface area contributed by atoms with E-state index in [1.54, 1.807) is 13.4 Å². The molecule has 18 heavy (non-hydrogen) atoms. The van der Waals surface area contributed by atoms with Gasteiger partial charge in [-0.2, -0.15) is 0 Å². The molecule has 0 atom stereocenters. The second-order valence-electron chi connectivity index (χ2n) is 5.05. The van der Waals surface area contributed by atoms with E-state index in [1.807, 2.05) is 6.07 Å². The van der Waals surface area contributed by atoms with Crippen molar-refractivity contribution in [2.75, 3.05) is 13.7 Å². The first kappa shape index (κ1) is 13.5. The molecule has 102 valence electrons. The topological polar surface area (TPSA) is 48.4 Å². The van der Waals surface area contributed by atoms with Gasteiger partial charge in [0.15, 0.2) is 0 Å². The van der Waals surface area contributed by atoms with Crippen LogP contribution in [0.15, 0.2) is 16.7 Å². The van der Waals surface area contributed by atoms with Crippen molar-refractivity contribution >= 4 is 0 Å². The zero-order valence-corrected chi connectivity index (χ0v) is 10.5. The summed E-state index contributed by atoms with van der Waals surface area (Å²) in [6, 6.07) is 1.82. The molecule has 0 saturated heterocycles. The predicted molar refractivity (Wildman–Crippen MR) is 63.6 cm³/mol. The molecule has 1 aliphatic rings. The molecule has 3 nitrogen and oxygen atoms in total. The highest BCUT2D eigenvalue weighted by Gasteiger charge is 2.46. The Hall–Kier alpha value is -0.940. The van der Waals surface area contributed by atoms with Crippen LogP contribution in [0.5, 0.6) is 0 Å². The molecule has 1 heterocycles. The molecule has 1 aliphatic carbocycles. The van der Waals surface area contributed by atoms with Gasteiger partial charge in [-0.15, -0.1) is 0 Å². The summed E-state index contributed by atoms with van der Waals surface area (Å²) < 4.78 is 37.2. The molecule has 1 fully saturated rings. The van der Waals surface area contributed by atoms with Crippen molar-refractivity contribution in [2.24, 2.45) is 5.73 Å².